The van der Waals surface area contributed by atoms with Gasteiger partial charge in [0.05, 0.1) is 6.10 Å². The quantitative estimate of drug-likeness (QED) is 0.840. The summed E-state index contributed by atoms with van der Waals surface area (Å²) in [6, 6.07) is 15.8. The molecule has 0 spiro atoms. The average molecular weight is 270 g/mol. The van der Waals surface area contributed by atoms with E-state index < -0.39 is 0 Å². The maximum absolute atomic E-state index is 10.1. The lowest BCUT2D eigenvalue weighted by molar-refractivity contribution is 0.149. The number of pyridine rings is 1. The first-order valence-electron chi connectivity index (χ1n) is 7.07. The molecule has 0 aliphatic heterocycles. The van der Waals surface area contributed by atoms with E-state index in [1.165, 1.54) is 0 Å². The number of aliphatic hydroxyl groups excluding tert-OH is 1. The Bertz CT molecular complexity index is 487. The van der Waals surface area contributed by atoms with E-state index >= 15 is 0 Å². The van der Waals surface area contributed by atoms with E-state index in [2.05, 4.69) is 16.9 Å². The van der Waals surface area contributed by atoms with Gasteiger partial charge in [0.1, 0.15) is 0 Å². The monoisotopic (exact) mass is 270 g/mol. The normalized spacial score (nSPS) is 12.6. The van der Waals surface area contributed by atoms with Gasteiger partial charge in [-0.1, -0.05) is 36.4 Å². The van der Waals surface area contributed by atoms with Crippen molar-refractivity contribution in [3.05, 3.63) is 66.0 Å². The number of likely N-dealkylation sites (N-methyl/N-ethyl adjacent to an activating group) is 1. The molecular formula is C17H22N2O. The van der Waals surface area contributed by atoms with Crippen molar-refractivity contribution in [1.82, 2.24) is 9.88 Å². The molecule has 1 atom stereocenters. The van der Waals surface area contributed by atoms with Gasteiger partial charge in [-0.15, -0.1) is 0 Å². The van der Waals surface area contributed by atoms with Crippen molar-refractivity contribution >= 4 is 0 Å². The van der Waals surface area contributed by atoms with Crippen LogP contribution in [0.5, 0.6) is 0 Å². The molecule has 0 fully saturated rings. The molecule has 0 bridgehead atoms. The van der Waals surface area contributed by atoms with Crippen LogP contribution in [0.4, 0.5) is 0 Å². The van der Waals surface area contributed by atoms with E-state index in [1.54, 1.807) is 0 Å². The van der Waals surface area contributed by atoms with Gasteiger partial charge in [-0.3, -0.25) is 4.98 Å². The lowest BCUT2D eigenvalue weighted by atomic mass is 10.1. The minimum absolute atomic E-state index is 0.381. The highest BCUT2D eigenvalue weighted by Gasteiger charge is 2.08. The first kappa shape index (κ1) is 14.7. The molecular weight excluding hydrogens is 248 g/mol. The fraction of sp³-hybridized carbons (Fsp3) is 0.353. The number of hydrogen-bond acceptors (Lipinski definition) is 3. The minimum atomic E-state index is -0.381. The molecule has 3 heteroatoms. The highest BCUT2D eigenvalue weighted by atomic mass is 16.3. The molecule has 20 heavy (non-hydrogen) atoms. The zero-order valence-corrected chi connectivity index (χ0v) is 11.9. The van der Waals surface area contributed by atoms with Crippen LogP contribution in [0.25, 0.3) is 0 Å². The predicted molar refractivity (Wildman–Crippen MR) is 81.5 cm³/mol. The number of rotatable bonds is 7. The van der Waals surface area contributed by atoms with Gasteiger partial charge in [-0.2, -0.15) is 0 Å². The Labute approximate surface area is 120 Å². The van der Waals surface area contributed by atoms with Crippen LogP contribution >= 0.6 is 0 Å². The van der Waals surface area contributed by atoms with Crippen molar-refractivity contribution < 1.29 is 5.11 Å². The summed E-state index contributed by atoms with van der Waals surface area (Å²) in [6.45, 7) is 1.83. The molecule has 1 aromatic carbocycles. The topological polar surface area (TPSA) is 36.4 Å². The number of nitrogens with zero attached hydrogens (tertiary/aromatic N) is 2. The summed E-state index contributed by atoms with van der Waals surface area (Å²) < 4.78 is 0. The lowest BCUT2D eigenvalue weighted by Gasteiger charge is -2.18. The van der Waals surface area contributed by atoms with Gasteiger partial charge in [0.15, 0.2) is 0 Å². The molecule has 2 aromatic rings. The Morgan fingerprint density at radius 2 is 1.80 bits per heavy atom. The molecule has 106 valence electrons. The Morgan fingerprint density at radius 1 is 1.05 bits per heavy atom. The predicted octanol–water partition coefficient (Wildman–Crippen LogP) is 2.68. The van der Waals surface area contributed by atoms with E-state index in [-0.39, 0.29) is 6.10 Å². The van der Waals surface area contributed by atoms with Crippen molar-refractivity contribution in [2.24, 2.45) is 0 Å². The van der Waals surface area contributed by atoms with Gasteiger partial charge in [-0.05, 0) is 31.2 Å². The Kier molecular flexibility index (Phi) is 5.71. The molecule has 1 heterocycles. The van der Waals surface area contributed by atoms with Crippen molar-refractivity contribution in [3.63, 3.8) is 0 Å². The molecule has 0 unspecified atom stereocenters. The SMILES string of the molecule is CN(CCc1ccccn1)CC[C@H](O)c1ccccc1. The van der Waals surface area contributed by atoms with Crippen LogP contribution in [-0.2, 0) is 6.42 Å². The maximum Gasteiger partial charge on any atom is 0.0802 e. The summed E-state index contributed by atoms with van der Waals surface area (Å²) in [5, 5.41) is 10.1. The van der Waals surface area contributed by atoms with E-state index in [0.717, 1.165) is 37.2 Å². The van der Waals surface area contributed by atoms with Gasteiger partial charge >= 0.3 is 0 Å². The second kappa shape index (κ2) is 7.78. The van der Waals surface area contributed by atoms with Crippen LogP contribution in [0.15, 0.2) is 54.7 Å². The van der Waals surface area contributed by atoms with E-state index in [1.807, 2.05) is 54.7 Å². The van der Waals surface area contributed by atoms with Crippen molar-refractivity contribution in [2.75, 3.05) is 20.1 Å². The molecule has 0 saturated carbocycles. The summed E-state index contributed by atoms with van der Waals surface area (Å²) in [4.78, 5) is 6.55. The highest BCUT2D eigenvalue weighted by Crippen LogP contribution is 2.15. The third-order valence-electron chi connectivity index (χ3n) is 3.44. The third kappa shape index (κ3) is 4.76. The van der Waals surface area contributed by atoms with Gasteiger partial charge in [-0.25, -0.2) is 0 Å². The first-order chi connectivity index (χ1) is 9.75. The molecule has 1 aromatic heterocycles. The number of aliphatic hydroxyl groups is 1. The van der Waals surface area contributed by atoms with Gasteiger partial charge < -0.3 is 10.0 Å². The highest BCUT2D eigenvalue weighted by molar-refractivity contribution is 5.17. The first-order valence-corrected chi connectivity index (χ1v) is 7.07. The molecule has 0 aliphatic carbocycles. The molecule has 2 rings (SSSR count). The number of aromatic nitrogens is 1. The zero-order valence-electron chi connectivity index (χ0n) is 11.9. The van der Waals surface area contributed by atoms with Crippen molar-refractivity contribution in [2.45, 2.75) is 18.9 Å². The summed E-state index contributed by atoms with van der Waals surface area (Å²) in [6.07, 6.45) is 3.14. The standard InChI is InChI=1S/C17H22N2O/c1-19(13-10-16-9-5-6-12-18-16)14-11-17(20)15-7-3-2-4-8-15/h2-9,12,17,20H,10-11,13-14H2,1H3/t17-/m0/s1. The van der Waals surface area contributed by atoms with E-state index in [9.17, 15) is 5.11 Å². The summed E-state index contributed by atoms with van der Waals surface area (Å²) >= 11 is 0. The average Bonchev–Trinajstić information content (AvgIpc) is 2.52. The van der Waals surface area contributed by atoms with Crippen LogP contribution in [0.2, 0.25) is 0 Å². The van der Waals surface area contributed by atoms with Crippen LogP contribution in [0.3, 0.4) is 0 Å². The van der Waals surface area contributed by atoms with Gasteiger partial charge in [0.25, 0.3) is 0 Å². The summed E-state index contributed by atoms with van der Waals surface area (Å²) in [5.74, 6) is 0. The van der Waals surface area contributed by atoms with Gasteiger partial charge in [0, 0.05) is 31.4 Å². The second-order valence-electron chi connectivity index (χ2n) is 5.09. The largest absolute Gasteiger partial charge is 0.388 e. The maximum atomic E-state index is 10.1. The van der Waals surface area contributed by atoms with Crippen LogP contribution in [0.1, 0.15) is 23.8 Å². The zero-order chi connectivity index (χ0) is 14.2. The molecule has 0 saturated heterocycles. The van der Waals surface area contributed by atoms with Gasteiger partial charge in [0.2, 0.25) is 0 Å². The second-order valence-corrected chi connectivity index (χ2v) is 5.09. The fourth-order valence-electron chi connectivity index (χ4n) is 2.15. The smallest absolute Gasteiger partial charge is 0.0802 e. The fourth-order valence-corrected chi connectivity index (χ4v) is 2.15. The molecule has 0 radical (unpaired) electrons. The minimum Gasteiger partial charge on any atom is -0.388 e. The Balaban J connectivity index is 1.71. The van der Waals surface area contributed by atoms with Crippen molar-refractivity contribution in [1.29, 1.82) is 0 Å². The van der Waals surface area contributed by atoms with Crippen LogP contribution in [0, 0.1) is 0 Å². The Morgan fingerprint density at radius 3 is 2.50 bits per heavy atom. The number of benzene rings is 1. The summed E-state index contributed by atoms with van der Waals surface area (Å²) in [7, 11) is 2.08. The van der Waals surface area contributed by atoms with E-state index in [0.29, 0.717) is 0 Å². The molecule has 1 N–H and O–H groups in total. The molecule has 0 amide bonds. The summed E-state index contributed by atoms with van der Waals surface area (Å²) in [5.41, 5.74) is 2.11. The Hall–Kier alpha value is -1.71. The lowest BCUT2D eigenvalue weighted by Crippen LogP contribution is -2.24. The van der Waals surface area contributed by atoms with Crippen LogP contribution in [-0.4, -0.2) is 35.1 Å². The molecule has 3 nitrogen and oxygen atoms in total. The molecule has 0 aliphatic rings. The van der Waals surface area contributed by atoms with Crippen LogP contribution < -0.4 is 0 Å². The number of hydrogen-bond donors (Lipinski definition) is 1. The van der Waals surface area contributed by atoms with Crippen molar-refractivity contribution in [3.8, 4) is 0 Å². The van der Waals surface area contributed by atoms with E-state index in [4.69, 9.17) is 0 Å². The third-order valence-corrected chi connectivity index (χ3v) is 3.44.